The lowest BCUT2D eigenvalue weighted by molar-refractivity contribution is 0.252. The molecule has 2 aromatic rings. The van der Waals surface area contributed by atoms with Gasteiger partial charge in [0.2, 0.25) is 0 Å². The van der Waals surface area contributed by atoms with Crippen LogP contribution in [0.1, 0.15) is 22.3 Å². The summed E-state index contributed by atoms with van der Waals surface area (Å²) in [6, 6.07) is 12.1. The predicted octanol–water partition coefficient (Wildman–Crippen LogP) is 4.74. The van der Waals surface area contributed by atoms with E-state index in [0.29, 0.717) is 6.54 Å². The number of anilines is 1. The highest BCUT2D eigenvalue weighted by atomic mass is 79.9. The molecule has 0 bridgehead atoms. The summed E-state index contributed by atoms with van der Waals surface area (Å²) in [5, 5.41) is 5.85. The molecule has 0 saturated heterocycles. The van der Waals surface area contributed by atoms with Gasteiger partial charge in [-0.05, 0) is 56.0 Å². The van der Waals surface area contributed by atoms with E-state index in [1.54, 1.807) is 0 Å². The number of urea groups is 1. The lowest BCUT2D eigenvalue weighted by Gasteiger charge is -2.13. The summed E-state index contributed by atoms with van der Waals surface area (Å²) in [6.45, 7) is 6.69. The van der Waals surface area contributed by atoms with Gasteiger partial charge in [0.15, 0.2) is 0 Å². The first kappa shape index (κ1) is 16.6. The quantitative estimate of drug-likeness (QED) is 0.812. The van der Waals surface area contributed by atoms with Crippen molar-refractivity contribution in [2.24, 2.45) is 0 Å². The number of benzene rings is 2. The fourth-order valence-electron chi connectivity index (χ4n) is 2.51. The molecule has 2 aromatic carbocycles. The van der Waals surface area contributed by atoms with Gasteiger partial charge in [0, 0.05) is 16.7 Å². The third-order valence-corrected chi connectivity index (χ3v) is 4.06. The molecule has 0 aliphatic heterocycles. The number of hydrogen-bond acceptors (Lipinski definition) is 1. The van der Waals surface area contributed by atoms with Crippen molar-refractivity contribution in [3.63, 3.8) is 0 Å². The Kier molecular flexibility index (Phi) is 5.61. The Bertz CT molecular complexity index is 642. The molecule has 2 amide bonds. The number of rotatable bonds is 4. The van der Waals surface area contributed by atoms with Gasteiger partial charge in [0.05, 0.1) is 0 Å². The third kappa shape index (κ3) is 4.60. The summed E-state index contributed by atoms with van der Waals surface area (Å²) in [7, 11) is 0. The molecule has 0 aromatic heterocycles. The zero-order valence-electron chi connectivity index (χ0n) is 13.2. The van der Waals surface area contributed by atoms with Crippen LogP contribution in [-0.2, 0) is 6.42 Å². The van der Waals surface area contributed by atoms with E-state index in [1.165, 1.54) is 11.1 Å². The maximum absolute atomic E-state index is 12.0. The molecule has 0 aliphatic rings. The average molecular weight is 361 g/mol. The normalized spacial score (nSPS) is 10.4. The van der Waals surface area contributed by atoms with Crippen LogP contribution in [0.15, 0.2) is 40.9 Å². The number of carbonyl (C=O) groups excluding carboxylic acids is 1. The van der Waals surface area contributed by atoms with Crippen LogP contribution in [0, 0.1) is 20.8 Å². The molecule has 22 heavy (non-hydrogen) atoms. The Morgan fingerprint density at radius 1 is 1.05 bits per heavy atom. The van der Waals surface area contributed by atoms with Crippen LogP contribution in [0.2, 0.25) is 0 Å². The van der Waals surface area contributed by atoms with Crippen LogP contribution < -0.4 is 10.6 Å². The van der Waals surface area contributed by atoms with Crippen molar-refractivity contribution in [2.75, 3.05) is 11.9 Å². The Balaban J connectivity index is 1.87. The van der Waals surface area contributed by atoms with Crippen LogP contribution in [0.4, 0.5) is 10.5 Å². The van der Waals surface area contributed by atoms with Crippen molar-refractivity contribution in [2.45, 2.75) is 27.2 Å². The largest absolute Gasteiger partial charge is 0.338 e. The molecule has 0 spiro atoms. The second-order valence-corrected chi connectivity index (χ2v) is 6.45. The van der Waals surface area contributed by atoms with Crippen LogP contribution in [-0.4, -0.2) is 12.6 Å². The maximum Gasteiger partial charge on any atom is 0.319 e. The van der Waals surface area contributed by atoms with Gasteiger partial charge in [-0.2, -0.15) is 0 Å². The highest BCUT2D eigenvalue weighted by Gasteiger charge is 2.07. The number of amides is 2. The third-order valence-electron chi connectivity index (χ3n) is 3.53. The van der Waals surface area contributed by atoms with Gasteiger partial charge < -0.3 is 10.6 Å². The van der Waals surface area contributed by atoms with E-state index >= 15 is 0 Å². The molecule has 0 unspecified atom stereocenters. The first-order chi connectivity index (χ1) is 10.5. The summed E-state index contributed by atoms with van der Waals surface area (Å²) in [4.78, 5) is 12.0. The van der Waals surface area contributed by atoms with Crippen LogP contribution in [0.3, 0.4) is 0 Å². The van der Waals surface area contributed by atoms with Crippen molar-refractivity contribution in [1.29, 1.82) is 0 Å². The second-order valence-electron chi connectivity index (χ2n) is 5.53. The molecule has 3 nitrogen and oxygen atoms in total. The van der Waals surface area contributed by atoms with Crippen LogP contribution in [0.5, 0.6) is 0 Å². The number of nitrogens with one attached hydrogen (secondary N) is 2. The van der Waals surface area contributed by atoms with Gasteiger partial charge in [-0.1, -0.05) is 45.8 Å². The molecular weight excluding hydrogens is 340 g/mol. The van der Waals surface area contributed by atoms with Gasteiger partial charge >= 0.3 is 6.03 Å². The van der Waals surface area contributed by atoms with E-state index in [0.717, 1.165) is 27.7 Å². The molecule has 2 rings (SSSR count). The van der Waals surface area contributed by atoms with E-state index < -0.39 is 0 Å². The molecule has 0 atom stereocenters. The first-order valence-electron chi connectivity index (χ1n) is 7.33. The van der Waals surface area contributed by atoms with E-state index in [-0.39, 0.29) is 6.03 Å². The number of halogens is 1. The van der Waals surface area contributed by atoms with E-state index in [4.69, 9.17) is 0 Å². The molecule has 0 radical (unpaired) electrons. The van der Waals surface area contributed by atoms with E-state index in [2.05, 4.69) is 57.8 Å². The number of hydrogen-bond donors (Lipinski definition) is 2. The van der Waals surface area contributed by atoms with Gasteiger partial charge in [0.1, 0.15) is 0 Å². The molecule has 0 fully saturated rings. The smallest absolute Gasteiger partial charge is 0.319 e. The van der Waals surface area contributed by atoms with Gasteiger partial charge in [-0.15, -0.1) is 0 Å². The Labute approximate surface area is 140 Å². The Morgan fingerprint density at radius 3 is 2.23 bits per heavy atom. The first-order valence-corrected chi connectivity index (χ1v) is 8.12. The van der Waals surface area contributed by atoms with Crippen molar-refractivity contribution >= 4 is 27.6 Å². The second kappa shape index (κ2) is 7.45. The Morgan fingerprint density at radius 2 is 1.64 bits per heavy atom. The molecule has 0 aliphatic carbocycles. The Hall–Kier alpha value is -1.81. The molecular formula is C18H21BrN2O. The average Bonchev–Trinajstić information content (AvgIpc) is 2.45. The summed E-state index contributed by atoms with van der Waals surface area (Å²) >= 11 is 3.41. The summed E-state index contributed by atoms with van der Waals surface area (Å²) < 4.78 is 1.06. The van der Waals surface area contributed by atoms with E-state index in [9.17, 15) is 4.79 Å². The summed E-state index contributed by atoms with van der Waals surface area (Å²) in [5.74, 6) is 0. The number of aryl methyl sites for hydroxylation is 3. The summed E-state index contributed by atoms with van der Waals surface area (Å²) in [6.07, 6.45) is 0.812. The minimum atomic E-state index is -0.160. The fourth-order valence-corrected chi connectivity index (χ4v) is 2.77. The maximum atomic E-state index is 12.0. The predicted molar refractivity (Wildman–Crippen MR) is 95.5 cm³/mol. The minimum Gasteiger partial charge on any atom is -0.338 e. The topological polar surface area (TPSA) is 41.1 Å². The van der Waals surface area contributed by atoms with Gasteiger partial charge in [0.25, 0.3) is 0 Å². The fraction of sp³-hybridized carbons (Fsp3) is 0.278. The van der Waals surface area contributed by atoms with Crippen molar-refractivity contribution in [3.05, 3.63) is 63.1 Å². The molecule has 116 valence electrons. The van der Waals surface area contributed by atoms with Crippen LogP contribution >= 0.6 is 15.9 Å². The molecule has 2 N–H and O–H groups in total. The van der Waals surface area contributed by atoms with Gasteiger partial charge in [-0.25, -0.2) is 4.79 Å². The summed E-state index contributed by atoms with van der Waals surface area (Å²) in [5.41, 5.74) is 5.47. The van der Waals surface area contributed by atoms with Gasteiger partial charge in [-0.3, -0.25) is 0 Å². The monoisotopic (exact) mass is 360 g/mol. The van der Waals surface area contributed by atoms with Crippen molar-refractivity contribution in [3.8, 4) is 0 Å². The van der Waals surface area contributed by atoms with Crippen molar-refractivity contribution in [1.82, 2.24) is 5.32 Å². The zero-order valence-corrected chi connectivity index (χ0v) is 14.8. The minimum absolute atomic E-state index is 0.160. The van der Waals surface area contributed by atoms with Crippen LogP contribution in [0.25, 0.3) is 0 Å². The highest BCUT2D eigenvalue weighted by Crippen LogP contribution is 2.21. The molecule has 0 saturated carbocycles. The molecule has 0 heterocycles. The highest BCUT2D eigenvalue weighted by molar-refractivity contribution is 9.10. The lowest BCUT2D eigenvalue weighted by Crippen LogP contribution is -2.31. The van der Waals surface area contributed by atoms with Crippen molar-refractivity contribution < 1.29 is 4.79 Å². The standard InChI is InChI=1S/C18H21BrN2O/c1-12-10-13(2)17(14(3)11-12)21-18(22)20-9-8-15-4-6-16(19)7-5-15/h4-7,10-11H,8-9H2,1-3H3,(H2,20,21,22). The lowest BCUT2D eigenvalue weighted by atomic mass is 10.1. The zero-order chi connectivity index (χ0) is 16.1. The number of carbonyl (C=O) groups is 1. The SMILES string of the molecule is Cc1cc(C)c(NC(=O)NCCc2ccc(Br)cc2)c(C)c1. The van der Waals surface area contributed by atoms with E-state index in [1.807, 2.05) is 26.0 Å². The molecule has 4 heteroatoms.